The average Bonchev–Trinajstić information content (AvgIpc) is 2.83. The van der Waals surface area contributed by atoms with Gasteiger partial charge in [0.05, 0.1) is 27.9 Å². The number of benzene rings is 2. The van der Waals surface area contributed by atoms with Crippen molar-refractivity contribution in [1.82, 2.24) is 15.5 Å². The first kappa shape index (κ1) is 31.6. The Morgan fingerprint density at radius 3 is 2.23 bits per heavy atom. The fraction of sp³-hybridized carbons (Fsp3) is 0.423. The maximum Gasteiger partial charge on any atom is 0.416 e. The topological polar surface area (TPSA) is 109 Å². The molecule has 0 saturated carbocycles. The number of urea groups is 1. The Morgan fingerprint density at radius 1 is 1.05 bits per heavy atom. The highest BCUT2D eigenvalue weighted by Gasteiger charge is 2.36. The second kappa shape index (κ2) is 12.1. The van der Waals surface area contributed by atoms with Gasteiger partial charge >= 0.3 is 18.2 Å². The molecule has 0 bridgehead atoms. The first-order valence-corrected chi connectivity index (χ1v) is 12.2. The van der Waals surface area contributed by atoms with Gasteiger partial charge in [0, 0.05) is 26.2 Å². The van der Waals surface area contributed by atoms with Gasteiger partial charge in [-0.2, -0.15) is 13.2 Å². The van der Waals surface area contributed by atoms with Crippen molar-refractivity contribution in [3.63, 3.8) is 0 Å². The van der Waals surface area contributed by atoms with E-state index in [1.807, 2.05) is 0 Å². The van der Waals surface area contributed by atoms with Crippen molar-refractivity contribution in [2.75, 3.05) is 31.8 Å². The molecule has 39 heavy (non-hydrogen) atoms. The van der Waals surface area contributed by atoms with Gasteiger partial charge < -0.3 is 31.3 Å². The van der Waals surface area contributed by atoms with Gasteiger partial charge in [-0.1, -0.05) is 12.1 Å². The van der Waals surface area contributed by atoms with Gasteiger partial charge in [0.2, 0.25) is 0 Å². The summed E-state index contributed by atoms with van der Waals surface area (Å²) in [6.45, 7) is 5.82. The molecule has 0 aromatic heterocycles. The van der Waals surface area contributed by atoms with Gasteiger partial charge in [0.1, 0.15) is 12.4 Å². The Hall–Kier alpha value is -3.61. The second-order valence-corrected chi connectivity index (χ2v) is 10.8. The normalized spacial score (nSPS) is 13.2. The molecule has 0 heterocycles. The zero-order valence-corrected chi connectivity index (χ0v) is 23.4. The van der Waals surface area contributed by atoms with Crippen molar-refractivity contribution in [2.24, 2.45) is 5.41 Å². The van der Waals surface area contributed by atoms with E-state index in [-0.39, 0.29) is 40.8 Å². The molecule has 13 heteroatoms. The molecule has 0 radical (unpaired) electrons. The van der Waals surface area contributed by atoms with Crippen LogP contribution in [-0.4, -0.2) is 42.7 Å². The van der Waals surface area contributed by atoms with E-state index in [0.717, 1.165) is 18.2 Å². The van der Waals surface area contributed by atoms with Crippen LogP contribution in [0.4, 0.5) is 33.7 Å². The molecule has 0 aliphatic heterocycles. The summed E-state index contributed by atoms with van der Waals surface area (Å²) in [5.41, 5.74) is 3.16. The molecule has 5 N–H and O–H groups in total. The maximum atomic E-state index is 14.7. The van der Waals surface area contributed by atoms with E-state index in [9.17, 15) is 27.2 Å². The number of esters is 1. The summed E-state index contributed by atoms with van der Waals surface area (Å²) in [5, 5.41) is 8.10. The van der Waals surface area contributed by atoms with Gasteiger partial charge in [-0.3, -0.25) is 4.79 Å². The predicted octanol–water partition coefficient (Wildman–Crippen LogP) is 4.99. The number of thiocarbonyl (C=S) groups is 1. The molecule has 0 fully saturated rings. The van der Waals surface area contributed by atoms with Crippen LogP contribution >= 0.6 is 12.2 Å². The molecule has 0 aliphatic rings. The van der Waals surface area contributed by atoms with E-state index >= 15 is 0 Å². The minimum atomic E-state index is -4.61. The maximum absolute atomic E-state index is 14.7. The third-order valence-corrected chi connectivity index (χ3v) is 5.87. The largest absolute Gasteiger partial charge is 0.462 e. The molecule has 0 spiro atoms. The lowest BCUT2D eigenvalue weighted by Crippen LogP contribution is -2.49. The van der Waals surface area contributed by atoms with Gasteiger partial charge in [-0.25, -0.2) is 9.18 Å². The number of nitrogen functional groups attached to an aromatic ring is 1. The number of carbonyl (C=O) groups excluding carboxylic acids is 2. The number of ether oxygens (including phenoxy) is 1. The van der Waals surface area contributed by atoms with Crippen LogP contribution in [0.1, 0.15) is 44.4 Å². The SMILES string of the molecule is CN(C)C(=O)NCc1c(F)ccc(N)c1NC(=S)NC(C)(COC(=O)C(C)(C)C)c1cccc(C(F)(F)F)c1. The number of hydrogen-bond acceptors (Lipinski definition) is 5. The third kappa shape index (κ3) is 8.44. The minimum absolute atomic E-state index is 0.00859. The van der Waals surface area contributed by atoms with E-state index in [0.29, 0.717) is 0 Å². The summed E-state index contributed by atoms with van der Waals surface area (Å²) in [5.74, 6) is -1.25. The van der Waals surface area contributed by atoms with Crippen molar-refractivity contribution >= 4 is 40.7 Å². The van der Waals surface area contributed by atoms with Gasteiger partial charge in [0.15, 0.2) is 5.11 Å². The molecule has 0 aliphatic carbocycles. The number of nitrogens with one attached hydrogen (secondary N) is 3. The Labute approximate surface area is 230 Å². The molecule has 8 nitrogen and oxygen atoms in total. The Kier molecular flexibility index (Phi) is 9.77. The number of rotatable bonds is 7. The van der Waals surface area contributed by atoms with Crippen LogP contribution in [0.3, 0.4) is 0 Å². The summed E-state index contributed by atoms with van der Waals surface area (Å²) in [6, 6.07) is 6.48. The highest BCUT2D eigenvalue weighted by molar-refractivity contribution is 7.80. The number of nitrogens with two attached hydrogens (primary N) is 1. The number of nitrogens with zero attached hydrogens (tertiary/aromatic N) is 1. The van der Waals surface area contributed by atoms with Crippen molar-refractivity contribution in [3.05, 3.63) is 58.9 Å². The highest BCUT2D eigenvalue weighted by atomic mass is 32.1. The lowest BCUT2D eigenvalue weighted by atomic mass is 9.91. The molecule has 2 aromatic rings. The molecule has 2 rings (SSSR count). The zero-order chi connectivity index (χ0) is 29.8. The minimum Gasteiger partial charge on any atom is -0.462 e. The predicted molar refractivity (Wildman–Crippen MR) is 145 cm³/mol. The lowest BCUT2D eigenvalue weighted by Gasteiger charge is -2.34. The van der Waals surface area contributed by atoms with Crippen molar-refractivity contribution in [1.29, 1.82) is 0 Å². The van der Waals surface area contributed by atoms with Crippen LogP contribution < -0.4 is 21.7 Å². The zero-order valence-electron chi connectivity index (χ0n) is 22.5. The first-order chi connectivity index (χ1) is 17.8. The summed E-state index contributed by atoms with van der Waals surface area (Å²) in [7, 11) is 3.04. The van der Waals surface area contributed by atoms with Gasteiger partial charge in [-0.15, -0.1) is 0 Å². The third-order valence-electron chi connectivity index (χ3n) is 5.67. The summed E-state index contributed by atoms with van der Waals surface area (Å²) in [6.07, 6.45) is -4.61. The molecule has 1 atom stereocenters. The fourth-order valence-corrected chi connectivity index (χ4v) is 3.66. The van der Waals surface area contributed by atoms with Crippen LogP contribution in [0.2, 0.25) is 0 Å². The van der Waals surface area contributed by atoms with E-state index in [4.69, 9.17) is 22.7 Å². The highest BCUT2D eigenvalue weighted by Crippen LogP contribution is 2.33. The number of hydrogen-bond donors (Lipinski definition) is 4. The van der Waals surface area contributed by atoms with Crippen molar-refractivity contribution < 1.29 is 31.9 Å². The number of anilines is 2. The van der Waals surface area contributed by atoms with Crippen LogP contribution in [0.5, 0.6) is 0 Å². The molecule has 214 valence electrons. The van der Waals surface area contributed by atoms with E-state index in [1.54, 1.807) is 20.8 Å². The number of amides is 2. The Morgan fingerprint density at radius 2 is 1.67 bits per heavy atom. The summed E-state index contributed by atoms with van der Waals surface area (Å²) in [4.78, 5) is 25.7. The van der Waals surface area contributed by atoms with Crippen molar-refractivity contribution in [2.45, 2.75) is 46.0 Å². The van der Waals surface area contributed by atoms with E-state index in [2.05, 4.69) is 16.0 Å². The quantitative estimate of drug-likeness (QED) is 0.161. The van der Waals surface area contributed by atoms with Crippen LogP contribution in [-0.2, 0) is 27.8 Å². The smallest absolute Gasteiger partial charge is 0.416 e. The fourth-order valence-electron chi connectivity index (χ4n) is 3.34. The summed E-state index contributed by atoms with van der Waals surface area (Å²) >= 11 is 5.43. The van der Waals surface area contributed by atoms with Crippen LogP contribution in [0.15, 0.2) is 36.4 Å². The summed E-state index contributed by atoms with van der Waals surface area (Å²) < 4.78 is 60.5. The molecular formula is C26H33F4N5O3S. The van der Waals surface area contributed by atoms with Gasteiger partial charge in [0.25, 0.3) is 0 Å². The molecule has 0 saturated heterocycles. The van der Waals surface area contributed by atoms with E-state index in [1.165, 1.54) is 44.1 Å². The van der Waals surface area contributed by atoms with E-state index < -0.39 is 40.5 Å². The second-order valence-electron chi connectivity index (χ2n) is 10.4. The Bertz CT molecular complexity index is 1230. The first-order valence-electron chi connectivity index (χ1n) is 11.8. The average molecular weight is 572 g/mol. The number of alkyl halides is 3. The molecule has 2 amide bonds. The van der Waals surface area contributed by atoms with Crippen LogP contribution in [0, 0.1) is 11.2 Å². The molecular weight excluding hydrogens is 538 g/mol. The van der Waals surface area contributed by atoms with Crippen molar-refractivity contribution in [3.8, 4) is 0 Å². The Balaban J connectivity index is 2.42. The number of carbonyl (C=O) groups is 2. The monoisotopic (exact) mass is 571 g/mol. The van der Waals surface area contributed by atoms with Crippen LogP contribution in [0.25, 0.3) is 0 Å². The standard InChI is InChI=1S/C26H33F4N5O3S/c1-24(2,3)21(36)38-14-25(4,15-8-7-9-16(12-15)26(28,29)30)34-22(39)33-20-17(13-32-23(37)35(5)6)18(27)10-11-19(20)31/h7-12H,13-14,31H2,1-6H3,(H,32,37)(H2,33,34,39). The van der Waals surface area contributed by atoms with Gasteiger partial charge in [-0.05, 0) is 69.7 Å². The molecule has 2 aromatic carbocycles. The lowest BCUT2D eigenvalue weighted by molar-refractivity contribution is -0.155. The molecule has 1 unspecified atom stereocenters. The number of halogens is 4.